The minimum atomic E-state index is -0.369. The van der Waals surface area contributed by atoms with E-state index in [1.165, 1.54) is 5.56 Å². The van der Waals surface area contributed by atoms with Crippen LogP contribution in [-0.2, 0) is 12.8 Å². The van der Waals surface area contributed by atoms with E-state index in [4.69, 9.17) is 4.74 Å². The van der Waals surface area contributed by atoms with Gasteiger partial charge in [-0.25, -0.2) is 0 Å². The molecule has 1 rings (SSSR count). The van der Waals surface area contributed by atoms with Crippen molar-refractivity contribution >= 4 is 0 Å². The topological polar surface area (TPSA) is 41.5 Å². The monoisotopic (exact) mass is 223 g/mol. The second-order valence-corrected chi connectivity index (χ2v) is 3.92. The molecule has 0 aliphatic rings. The molecular formula is C13H21NO2. The molecular weight excluding hydrogens is 202 g/mol. The Bertz CT molecular complexity index is 326. The van der Waals surface area contributed by atoms with Gasteiger partial charge in [0, 0.05) is 13.0 Å². The van der Waals surface area contributed by atoms with Crippen molar-refractivity contribution in [2.75, 3.05) is 20.7 Å². The summed E-state index contributed by atoms with van der Waals surface area (Å²) in [5, 5.41) is 12.7. The Balaban J connectivity index is 2.82. The van der Waals surface area contributed by atoms with E-state index >= 15 is 0 Å². The molecule has 90 valence electrons. The second kappa shape index (κ2) is 6.51. The van der Waals surface area contributed by atoms with Gasteiger partial charge in [-0.1, -0.05) is 19.1 Å². The van der Waals surface area contributed by atoms with Gasteiger partial charge in [0.2, 0.25) is 0 Å². The lowest BCUT2D eigenvalue weighted by Crippen LogP contribution is -2.25. The van der Waals surface area contributed by atoms with E-state index in [0.717, 1.165) is 17.7 Å². The third-order valence-corrected chi connectivity index (χ3v) is 2.65. The van der Waals surface area contributed by atoms with Crippen LogP contribution >= 0.6 is 0 Å². The van der Waals surface area contributed by atoms with Crippen molar-refractivity contribution < 1.29 is 9.84 Å². The first kappa shape index (κ1) is 13.0. The number of ether oxygens (including phenoxy) is 1. The van der Waals surface area contributed by atoms with Gasteiger partial charge in [-0.05, 0) is 30.7 Å². The molecule has 0 radical (unpaired) electrons. The maximum absolute atomic E-state index is 9.77. The fourth-order valence-corrected chi connectivity index (χ4v) is 1.77. The summed E-state index contributed by atoms with van der Waals surface area (Å²) in [5.74, 6) is 0.854. The highest BCUT2D eigenvalue weighted by Gasteiger charge is 2.09. The highest BCUT2D eigenvalue weighted by Crippen LogP contribution is 2.21. The van der Waals surface area contributed by atoms with E-state index in [2.05, 4.69) is 24.4 Å². The predicted octanol–water partition coefficient (Wildman–Crippen LogP) is 1.38. The van der Waals surface area contributed by atoms with Crippen LogP contribution in [0.2, 0.25) is 0 Å². The normalized spacial score (nSPS) is 12.5. The molecule has 3 nitrogen and oxygen atoms in total. The first-order valence-electron chi connectivity index (χ1n) is 5.69. The van der Waals surface area contributed by atoms with Crippen LogP contribution < -0.4 is 10.1 Å². The largest absolute Gasteiger partial charge is 0.496 e. The molecule has 16 heavy (non-hydrogen) atoms. The molecule has 1 aromatic rings. The van der Waals surface area contributed by atoms with Gasteiger partial charge in [0.15, 0.2) is 0 Å². The summed E-state index contributed by atoms with van der Waals surface area (Å²) in [4.78, 5) is 0. The Labute approximate surface area is 97.4 Å². The molecule has 0 aliphatic carbocycles. The first-order chi connectivity index (χ1) is 7.71. The van der Waals surface area contributed by atoms with Crippen molar-refractivity contribution in [1.82, 2.24) is 5.32 Å². The molecule has 0 spiro atoms. The molecule has 0 saturated carbocycles. The number of aliphatic hydroxyl groups excluding tert-OH is 1. The summed E-state index contributed by atoms with van der Waals surface area (Å²) in [6, 6.07) is 6.14. The molecule has 0 saturated heterocycles. The van der Waals surface area contributed by atoms with Crippen LogP contribution in [0.25, 0.3) is 0 Å². The molecule has 0 fully saturated rings. The summed E-state index contributed by atoms with van der Waals surface area (Å²) in [7, 11) is 3.50. The molecule has 0 aromatic heterocycles. The zero-order chi connectivity index (χ0) is 12.0. The quantitative estimate of drug-likeness (QED) is 0.765. The molecule has 1 atom stereocenters. The number of benzene rings is 1. The van der Waals surface area contributed by atoms with Gasteiger partial charge in [-0.3, -0.25) is 0 Å². The average Bonchev–Trinajstić information content (AvgIpc) is 2.29. The summed E-state index contributed by atoms with van der Waals surface area (Å²) in [5.41, 5.74) is 2.34. The van der Waals surface area contributed by atoms with E-state index in [0.29, 0.717) is 13.0 Å². The van der Waals surface area contributed by atoms with E-state index in [-0.39, 0.29) is 6.10 Å². The van der Waals surface area contributed by atoms with Crippen LogP contribution in [0, 0.1) is 0 Å². The number of methoxy groups -OCH3 is 1. The van der Waals surface area contributed by atoms with Crippen LogP contribution in [0.15, 0.2) is 18.2 Å². The molecule has 0 amide bonds. The molecule has 2 N–H and O–H groups in total. The Hall–Kier alpha value is -1.06. The average molecular weight is 223 g/mol. The first-order valence-corrected chi connectivity index (χ1v) is 5.69. The zero-order valence-corrected chi connectivity index (χ0v) is 10.3. The SMILES string of the molecule is CCc1ccc(OC)c(CC(O)CNC)c1. The summed E-state index contributed by atoms with van der Waals surface area (Å²) in [6.45, 7) is 2.72. The van der Waals surface area contributed by atoms with E-state index in [9.17, 15) is 5.11 Å². The Morgan fingerprint density at radius 1 is 1.44 bits per heavy atom. The molecule has 0 heterocycles. The van der Waals surface area contributed by atoms with Crippen LogP contribution in [0.3, 0.4) is 0 Å². The number of aliphatic hydroxyl groups is 1. The number of nitrogens with one attached hydrogen (secondary N) is 1. The van der Waals surface area contributed by atoms with Crippen LogP contribution in [-0.4, -0.2) is 31.9 Å². The fourth-order valence-electron chi connectivity index (χ4n) is 1.77. The number of likely N-dealkylation sites (N-methyl/N-ethyl adjacent to an activating group) is 1. The van der Waals surface area contributed by atoms with Gasteiger partial charge >= 0.3 is 0 Å². The van der Waals surface area contributed by atoms with Crippen molar-refractivity contribution in [2.24, 2.45) is 0 Å². The van der Waals surface area contributed by atoms with Gasteiger partial charge in [0.1, 0.15) is 5.75 Å². The van der Waals surface area contributed by atoms with E-state index in [1.807, 2.05) is 13.1 Å². The van der Waals surface area contributed by atoms with Crippen LogP contribution in [0.4, 0.5) is 0 Å². The summed E-state index contributed by atoms with van der Waals surface area (Å²) >= 11 is 0. The number of hydrogen-bond acceptors (Lipinski definition) is 3. The molecule has 0 bridgehead atoms. The highest BCUT2D eigenvalue weighted by atomic mass is 16.5. The lowest BCUT2D eigenvalue weighted by atomic mass is 10.0. The van der Waals surface area contributed by atoms with Gasteiger partial charge in [-0.2, -0.15) is 0 Å². The summed E-state index contributed by atoms with van der Waals surface area (Å²) in [6.07, 6.45) is 1.25. The van der Waals surface area contributed by atoms with Crippen LogP contribution in [0.1, 0.15) is 18.1 Å². The minimum Gasteiger partial charge on any atom is -0.496 e. The van der Waals surface area contributed by atoms with Gasteiger partial charge in [0.05, 0.1) is 13.2 Å². The standard InChI is InChI=1S/C13H21NO2/c1-4-10-5-6-13(16-3)11(7-10)8-12(15)9-14-2/h5-7,12,14-15H,4,8-9H2,1-3H3. The Morgan fingerprint density at radius 2 is 2.19 bits per heavy atom. The maximum atomic E-state index is 9.77. The van der Waals surface area contributed by atoms with Gasteiger partial charge in [0.25, 0.3) is 0 Å². The van der Waals surface area contributed by atoms with E-state index in [1.54, 1.807) is 7.11 Å². The number of hydrogen-bond donors (Lipinski definition) is 2. The third-order valence-electron chi connectivity index (χ3n) is 2.65. The Morgan fingerprint density at radius 3 is 2.75 bits per heavy atom. The number of aryl methyl sites for hydroxylation is 1. The predicted molar refractivity (Wildman–Crippen MR) is 66.0 cm³/mol. The smallest absolute Gasteiger partial charge is 0.122 e. The number of rotatable bonds is 6. The van der Waals surface area contributed by atoms with Gasteiger partial charge < -0.3 is 15.2 Å². The van der Waals surface area contributed by atoms with Crippen molar-refractivity contribution in [3.8, 4) is 5.75 Å². The highest BCUT2D eigenvalue weighted by molar-refractivity contribution is 5.37. The molecule has 0 aliphatic heterocycles. The molecule has 1 aromatic carbocycles. The van der Waals surface area contributed by atoms with Crippen LogP contribution in [0.5, 0.6) is 5.75 Å². The summed E-state index contributed by atoms with van der Waals surface area (Å²) < 4.78 is 5.29. The lowest BCUT2D eigenvalue weighted by Gasteiger charge is -2.14. The lowest BCUT2D eigenvalue weighted by molar-refractivity contribution is 0.173. The zero-order valence-electron chi connectivity index (χ0n) is 10.3. The van der Waals surface area contributed by atoms with Crippen molar-refractivity contribution in [3.05, 3.63) is 29.3 Å². The maximum Gasteiger partial charge on any atom is 0.122 e. The fraction of sp³-hybridized carbons (Fsp3) is 0.538. The minimum absolute atomic E-state index is 0.369. The van der Waals surface area contributed by atoms with E-state index < -0.39 is 0 Å². The van der Waals surface area contributed by atoms with Crippen molar-refractivity contribution in [3.63, 3.8) is 0 Å². The van der Waals surface area contributed by atoms with Crippen molar-refractivity contribution in [2.45, 2.75) is 25.9 Å². The Kier molecular flexibility index (Phi) is 5.29. The third kappa shape index (κ3) is 3.51. The van der Waals surface area contributed by atoms with Crippen molar-refractivity contribution in [1.29, 1.82) is 0 Å². The molecule has 1 unspecified atom stereocenters. The molecule has 3 heteroatoms. The van der Waals surface area contributed by atoms with Gasteiger partial charge in [-0.15, -0.1) is 0 Å². The second-order valence-electron chi connectivity index (χ2n) is 3.92.